The van der Waals surface area contributed by atoms with E-state index in [-0.39, 0.29) is 24.5 Å². The molecule has 34 heavy (non-hydrogen) atoms. The van der Waals surface area contributed by atoms with Gasteiger partial charge in [-0.25, -0.2) is 9.97 Å². The van der Waals surface area contributed by atoms with Gasteiger partial charge in [-0.1, -0.05) is 75.4 Å². The summed E-state index contributed by atoms with van der Waals surface area (Å²) in [5.74, 6) is 0.338. The average molecular weight is 467 g/mol. The molecule has 0 aliphatic heterocycles. The summed E-state index contributed by atoms with van der Waals surface area (Å²) < 4.78 is 10.5. The van der Waals surface area contributed by atoms with Crippen molar-refractivity contribution in [1.29, 1.82) is 0 Å². The Morgan fingerprint density at radius 1 is 0.971 bits per heavy atom. The first-order valence-corrected chi connectivity index (χ1v) is 12.4. The number of rotatable bonds is 15. The lowest BCUT2D eigenvalue weighted by atomic mass is 10.1. The SMILES string of the molecule is CCCCCCCCC=CCC(=O)Oc1cnc(-c2ccc(CCC(C)OC(C)=O)cc2)nc1. The molecule has 184 valence electrons. The van der Waals surface area contributed by atoms with Crippen LogP contribution in [0.5, 0.6) is 5.75 Å². The molecule has 0 aliphatic carbocycles. The standard InChI is InChI=1S/C28H38N2O4/c1-4-5-6-7-8-9-10-11-12-13-27(32)34-26-20-29-28(30-21-26)25-18-16-24(17-19-25)15-14-22(2)33-23(3)31/h11-12,16-22H,4-10,13-15H2,1-3H3. The number of ether oxygens (including phenoxy) is 2. The average Bonchev–Trinajstić information content (AvgIpc) is 2.82. The van der Waals surface area contributed by atoms with Crippen molar-refractivity contribution in [2.24, 2.45) is 0 Å². The van der Waals surface area contributed by atoms with E-state index in [0.29, 0.717) is 11.6 Å². The second-order valence-corrected chi connectivity index (χ2v) is 8.60. The molecule has 1 atom stereocenters. The maximum atomic E-state index is 12.0. The van der Waals surface area contributed by atoms with Gasteiger partial charge in [0.05, 0.1) is 24.9 Å². The third-order valence-electron chi connectivity index (χ3n) is 5.45. The molecule has 2 aromatic rings. The van der Waals surface area contributed by atoms with Crippen LogP contribution >= 0.6 is 0 Å². The first-order chi connectivity index (χ1) is 16.5. The van der Waals surface area contributed by atoms with E-state index in [1.165, 1.54) is 57.8 Å². The number of carbonyl (C=O) groups is 2. The maximum absolute atomic E-state index is 12.0. The highest BCUT2D eigenvalue weighted by Crippen LogP contribution is 2.19. The van der Waals surface area contributed by atoms with Gasteiger partial charge in [0.1, 0.15) is 0 Å². The molecule has 0 N–H and O–H groups in total. The van der Waals surface area contributed by atoms with Crippen LogP contribution in [0.25, 0.3) is 11.4 Å². The third kappa shape index (κ3) is 11.2. The Labute approximate surface area is 203 Å². The second-order valence-electron chi connectivity index (χ2n) is 8.60. The lowest BCUT2D eigenvalue weighted by Crippen LogP contribution is -2.12. The molecule has 0 spiro atoms. The van der Waals surface area contributed by atoms with Gasteiger partial charge in [-0.2, -0.15) is 0 Å². The van der Waals surface area contributed by atoms with Gasteiger partial charge in [-0.05, 0) is 38.2 Å². The quantitative estimate of drug-likeness (QED) is 0.166. The van der Waals surface area contributed by atoms with Crippen LogP contribution in [0.15, 0.2) is 48.8 Å². The van der Waals surface area contributed by atoms with Crippen molar-refractivity contribution in [3.63, 3.8) is 0 Å². The van der Waals surface area contributed by atoms with Gasteiger partial charge in [0, 0.05) is 12.5 Å². The van der Waals surface area contributed by atoms with E-state index in [4.69, 9.17) is 9.47 Å². The molecule has 6 heteroatoms. The summed E-state index contributed by atoms with van der Waals surface area (Å²) in [4.78, 5) is 31.7. The molecule has 0 radical (unpaired) electrons. The molecule has 0 bridgehead atoms. The minimum atomic E-state index is -0.317. The molecule has 0 amide bonds. The monoisotopic (exact) mass is 466 g/mol. The maximum Gasteiger partial charge on any atom is 0.315 e. The highest BCUT2D eigenvalue weighted by Gasteiger charge is 2.08. The summed E-state index contributed by atoms with van der Waals surface area (Å²) in [5, 5.41) is 0. The van der Waals surface area contributed by atoms with E-state index in [1.54, 1.807) is 0 Å². The predicted molar refractivity (Wildman–Crippen MR) is 134 cm³/mol. The number of benzene rings is 1. The Morgan fingerprint density at radius 2 is 1.65 bits per heavy atom. The Hall–Kier alpha value is -3.02. The summed E-state index contributed by atoms with van der Waals surface area (Å²) in [5.41, 5.74) is 2.03. The molecule has 1 unspecified atom stereocenters. The predicted octanol–water partition coefficient (Wildman–Crippen LogP) is 6.63. The largest absolute Gasteiger partial charge is 0.463 e. The molecule has 2 rings (SSSR count). The summed E-state index contributed by atoms with van der Waals surface area (Å²) in [6.07, 6.45) is 17.3. The topological polar surface area (TPSA) is 78.4 Å². The second kappa shape index (κ2) is 15.8. The normalized spacial score (nSPS) is 12.0. The van der Waals surface area contributed by atoms with Crippen molar-refractivity contribution >= 4 is 11.9 Å². The fraction of sp³-hybridized carbons (Fsp3) is 0.500. The van der Waals surface area contributed by atoms with Crippen LogP contribution < -0.4 is 4.74 Å². The number of carbonyl (C=O) groups excluding carboxylic acids is 2. The van der Waals surface area contributed by atoms with Crippen LogP contribution in [-0.2, 0) is 20.7 Å². The van der Waals surface area contributed by atoms with Crippen molar-refractivity contribution in [2.45, 2.75) is 91.1 Å². The zero-order valence-electron chi connectivity index (χ0n) is 20.8. The van der Waals surface area contributed by atoms with Gasteiger partial charge in [-0.3, -0.25) is 9.59 Å². The van der Waals surface area contributed by atoms with E-state index in [9.17, 15) is 9.59 Å². The fourth-order valence-electron chi connectivity index (χ4n) is 3.56. The molecule has 0 aliphatic rings. The Kier molecular flexibility index (Phi) is 12.6. The number of nitrogens with zero attached hydrogens (tertiary/aromatic N) is 2. The van der Waals surface area contributed by atoms with Gasteiger partial charge in [0.2, 0.25) is 0 Å². The van der Waals surface area contributed by atoms with Crippen molar-refractivity contribution < 1.29 is 19.1 Å². The van der Waals surface area contributed by atoms with Crippen molar-refractivity contribution in [3.8, 4) is 17.1 Å². The van der Waals surface area contributed by atoms with Crippen LogP contribution in [0.1, 0.15) is 84.1 Å². The number of hydrogen-bond acceptors (Lipinski definition) is 6. The fourth-order valence-corrected chi connectivity index (χ4v) is 3.56. The van der Waals surface area contributed by atoms with E-state index in [0.717, 1.165) is 30.4 Å². The Balaban J connectivity index is 1.72. The first-order valence-electron chi connectivity index (χ1n) is 12.4. The zero-order chi connectivity index (χ0) is 24.6. The number of unbranched alkanes of at least 4 members (excludes halogenated alkanes) is 6. The lowest BCUT2D eigenvalue weighted by Gasteiger charge is -2.11. The van der Waals surface area contributed by atoms with E-state index in [1.807, 2.05) is 37.3 Å². The molecule has 0 fully saturated rings. The summed E-state index contributed by atoms with van der Waals surface area (Å²) >= 11 is 0. The number of hydrogen-bond donors (Lipinski definition) is 0. The molecule has 1 heterocycles. The van der Waals surface area contributed by atoms with Crippen LogP contribution in [0.3, 0.4) is 0 Å². The highest BCUT2D eigenvalue weighted by atomic mass is 16.5. The third-order valence-corrected chi connectivity index (χ3v) is 5.45. The number of allylic oxidation sites excluding steroid dienone is 1. The highest BCUT2D eigenvalue weighted by molar-refractivity contribution is 5.73. The summed E-state index contributed by atoms with van der Waals surface area (Å²) in [6, 6.07) is 7.96. The van der Waals surface area contributed by atoms with Crippen LogP contribution in [0.4, 0.5) is 0 Å². The van der Waals surface area contributed by atoms with Crippen LogP contribution in [-0.4, -0.2) is 28.0 Å². The van der Waals surface area contributed by atoms with Gasteiger partial charge in [0.15, 0.2) is 11.6 Å². The van der Waals surface area contributed by atoms with Crippen molar-refractivity contribution in [2.75, 3.05) is 0 Å². The molecule has 1 aromatic carbocycles. The lowest BCUT2D eigenvalue weighted by molar-refractivity contribution is -0.145. The number of esters is 2. The molecule has 1 aromatic heterocycles. The van der Waals surface area contributed by atoms with Crippen molar-refractivity contribution in [1.82, 2.24) is 9.97 Å². The molecule has 6 nitrogen and oxygen atoms in total. The molecule has 0 saturated carbocycles. The minimum absolute atomic E-state index is 0.105. The number of aryl methyl sites for hydroxylation is 1. The Bertz CT molecular complexity index is 892. The van der Waals surface area contributed by atoms with Gasteiger partial charge >= 0.3 is 11.9 Å². The van der Waals surface area contributed by atoms with Crippen LogP contribution in [0, 0.1) is 0 Å². The molecular formula is C28H38N2O4. The van der Waals surface area contributed by atoms with Crippen molar-refractivity contribution in [3.05, 3.63) is 54.4 Å². The van der Waals surface area contributed by atoms with E-state index < -0.39 is 0 Å². The van der Waals surface area contributed by atoms with E-state index >= 15 is 0 Å². The first kappa shape index (κ1) is 27.2. The van der Waals surface area contributed by atoms with Gasteiger partial charge < -0.3 is 9.47 Å². The summed E-state index contributed by atoms with van der Waals surface area (Å²) in [7, 11) is 0. The van der Waals surface area contributed by atoms with E-state index in [2.05, 4.69) is 23.0 Å². The minimum Gasteiger partial charge on any atom is -0.463 e. The number of aromatic nitrogens is 2. The van der Waals surface area contributed by atoms with Gasteiger partial charge in [0.25, 0.3) is 0 Å². The zero-order valence-corrected chi connectivity index (χ0v) is 20.8. The Morgan fingerprint density at radius 3 is 2.32 bits per heavy atom. The van der Waals surface area contributed by atoms with Gasteiger partial charge in [-0.15, -0.1) is 0 Å². The van der Waals surface area contributed by atoms with Crippen LogP contribution in [0.2, 0.25) is 0 Å². The molecule has 0 saturated heterocycles. The molecular weight excluding hydrogens is 428 g/mol. The smallest absolute Gasteiger partial charge is 0.315 e. The summed E-state index contributed by atoms with van der Waals surface area (Å²) in [6.45, 7) is 5.54.